The lowest BCUT2D eigenvalue weighted by molar-refractivity contribution is -0.274. The van der Waals surface area contributed by atoms with Gasteiger partial charge in [0.2, 0.25) is 5.91 Å². The fraction of sp³-hybridized carbons (Fsp3) is 0.350. The van der Waals surface area contributed by atoms with Crippen molar-refractivity contribution in [3.05, 3.63) is 58.4 Å². The van der Waals surface area contributed by atoms with Crippen molar-refractivity contribution in [2.24, 2.45) is 5.73 Å². The summed E-state index contributed by atoms with van der Waals surface area (Å²) >= 11 is 5.83. The Kier molecular flexibility index (Phi) is 6.62. The Balaban J connectivity index is 2.19. The van der Waals surface area contributed by atoms with Crippen molar-refractivity contribution in [1.82, 2.24) is 15.2 Å². The summed E-state index contributed by atoms with van der Waals surface area (Å²) < 4.78 is 80.9. The van der Waals surface area contributed by atoms with Crippen LogP contribution in [0.15, 0.2) is 36.5 Å². The van der Waals surface area contributed by atoms with Gasteiger partial charge in [-0.2, -0.15) is 13.2 Å². The maximum Gasteiger partial charge on any atom is 0.573 e. The van der Waals surface area contributed by atoms with Crippen LogP contribution in [-0.4, -0.2) is 46.8 Å². The number of alkyl halides is 6. The van der Waals surface area contributed by atoms with E-state index >= 15 is 0 Å². The predicted molar refractivity (Wildman–Crippen MR) is 107 cm³/mol. The first kappa shape index (κ1) is 25.4. The van der Waals surface area contributed by atoms with Gasteiger partial charge in [0.25, 0.3) is 0 Å². The number of primary amides is 1. The number of ether oxygens (including phenoxy) is 1. The molecule has 0 radical (unpaired) electrons. The minimum atomic E-state index is -4.95. The smallest absolute Gasteiger partial charge is 0.406 e. The number of urea groups is 1. The third kappa shape index (κ3) is 4.98. The van der Waals surface area contributed by atoms with Crippen molar-refractivity contribution >= 4 is 23.5 Å². The van der Waals surface area contributed by atoms with Gasteiger partial charge in [-0.3, -0.25) is 9.78 Å². The van der Waals surface area contributed by atoms with Crippen LogP contribution in [0.3, 0.4) is 0 Å². The van der Waals surface area contributed by atoms with Gasteiger partial charge in [-0.1, -0.05) is 23.7 Å². The lowest BCUT2D eigenvalue weighted by Gasteiger charge is -2.47. The third-order valence-electron chi connectivity index (χ3n) is 5.38. The van der Waals surface area contributed by atoms with Crippen LogP contribution in [0.4, 0.5) is 31.1 Å². The van der Waals surface area contributed by atoms with E-state index in [1.807, 2.05) is 0 Å². The molecular formula is C20H17ClF6N4O3. The number of piperazine rings is 1. The largest absolute Gasteiger partial charge is 0.573 e. The molecule has 184 valence electrons. The molecule has 3 rings (SSSR count). The van der Waals surface area contributed by atoms with E-state index in [9.17, 15) is 35.9 Å². The number of nitrogens with two attached hydrogens (primary N) is 1. The molecule has 3 amide bonds. The molecule has 1 aliphatic heterocycles. The molecule has 14 heteroatoms. The number of carbonyl (C=O) groups excluding carboxylic acids is 2. The van der Waals surface area contributed by atoms with Crippen molar-refractivity contribution in [3.8, 4) is 5.75 Å². The van der Waals surface area contributed by atoms with Gasteiger partial charge in [-0.15, -0.1) is 13.2 Å². The first-order chi connectivity index (χ1) is 15.6. The molecule has 3 N–H and O–H groups in total. The Morgan fingerprint density at radius 2 is 1.82 bits per heavy atom. The average molecular weight is 511 g/mol. The summed E-state index contributed by atoms with van der Waals surface area (Å²) in [6.07, 6.45) is -8.97. The number of nitrogens with one attached hydrogen (secondary N) is 1. The number of carbonyl (C=O) groups is 2. The molecule has 1 aromatic carbocycles. The third-order valence-corrected chi connectivity index (χ3v) is 5.67. The molecule has 2 aromatic rings. The number of hydrogen-bond donors (Lipinski definition) is 2. The Labute approximate surface area is 193 Å². The van der Waals surface area contributed by atoms with Crippen molar-refractivity contribution in [1.29, 1.82) is 0 Å². The highest BCUT2D eigenvalue weighted by molar-refractivity contribution is 6.31. The predicted octanol–water partition coefficient (Wildman–Crippen LogP) is 4.05. The molecule has 1 saturated heterocycles. The van der Waals surface area contributed by atoms with Crippen LogP contribution in [-0.2, 0) is 11.0 Å². The summed E-state index contributed by atoms with van der Waals surface area (Å²) in [7, 11) is 0. The maximum absolute atomic E-state index is 13.2. The molecule has 1 aliphatic rings. The second kappa shape index (κ2) is 8.85. The van der Waals surface area contributed by atoms with E-state index in [4.69, 9.17) is 17.3 Å². The first-order valence-corrected chi connectivity index (χ1v) is 9.96. The van der Waals surface area contributed by atoms with Gasteiger partial charge >= 0.3 is 18.6 Å². The first-order valence-electron chi connectivity index (χ1n) is 9.58. The number of nitrogens with zero attached hydrogens (tertiary/aromatic N) is 2. The minimum absolute atomic E-state index is 0.00621. The van der Waals surface area contributed by atoms with Gasteiger partial charge < -0.3 is 20.7 Å². The second-order valence-electron chi connectivity index (χ2n) is 7.54. The van der Waals surface area contributed by atoms with Gasteiger partial charge in [0.15, 0.2) is 5.69 Å². The zero-order valence-corrected chi connectivity index (χ0v) is 18.1. The van der Waals surface area contributed by atoms with E-state index < -0.39 is 52.4 Å². The molecule has 0 spiro atoms. The number of hydrogen-bond acceptors (Lipinski definition) is 4. The molecule has 1 unspecified atom stereocenters. The molecule has 7 nitrogen and oxygen atoms in total. The lowest BCUT2D eigenvalue weighted by Crippen LogP contribution is -2.68. The highest BCUT2D eigenvalue weighted by Crippen LogP contribution is 2.43. The normalized spacial score (nSPS) is 20.0. The van der Waals surface area contributed by atoms with E-state index in [2.05, 4.69) is 15.0 Å². The van der Waals surface area contributed by atoms with Crippen LogP contribution >= 0.6 is 11.6 Å². The van der Waals surface area contributed by atoms with Crippen LogP contribution in [0, 0.1) is 0 Å². The summed E-state index contributed by atoms with van der Waals surface area (Å²) in [6, 6.07) is 4.26. The SMILES string of the molecule is CC1([C@H](c2ccc(OC(F)(F)F)cc2)c2cnc(C(F)(F)F)c(Cl)c2)C(=O)NCCN1C(N)=O. The molecule has 2 heterocycles. The Morgan fingerprint density at radius 3 is 2.32 bits per heavy atom. The van der Waals surface area contributed by atoms with Crippen LogP contribution in [0.25, 0.3) is 0 Å². The number of amides is 3. The van der Waals surface area contributed by atoms with Crippen molar-refractivity contribution in [2.75, 3.05) is 13.1 Å². The van der Waals surface area contributed by atoms with Crippen molar-refractivity contribution in [3.63, 3.8) is 0 Å². The minimum Gasteiger partial charge on any atom is -0.406 e. The number of pyridine rings is 1. The number of aromatic nitrogens is 1. The van der Waals surface area contributed by atoms with Crippen LogP contribution < -0.4 is 15.8 Å². The van der Waals surface area contributed by atoms with Gasteiger partial charge in [0.05, 0.1) is 5.02 Å². The number of halogens is 7. The summed E-state index contributed by atoms with van der Waals surface area (Å²) in [5.74, 6) is -2.47. The van der Waals surface area contributed by atoms with Gasteiger partial charge in [-0.05, 0) is 36.2 Å². The second-order valence-corrected chi connectivity index (χ2v) is 7.95. The van der Waals surface area contributed by atoms with E-state index in [0.717, 1.165) is 29.3 Å². The van der Waals surface area contributed by atoms with Crippen LogP contribution in [0.1, 0.15) is 29.7 Å². The van der Waals surface area contributed by atoms with Crippen LogP contribution in [0.5, 0.6) is 5.75 Å². The van der Waals surface area contributed by atoms with Gasteiger partial charge in [0, 0.05) is 25.2 Å². The van der Waals surface area contributed by atoms with E-state index in [1.165, 1.54) is 19.1 Å². The van der Waals surface area contributed by atoms with Gasteiger partial charge in [-0.25, -0.2) is 4.79 Å². The quantitative estimate of drug-likeness (QED) is 0.606. The molecule has 2 atom stereocenters. The molecule has 0 aliphatic carbocycles. The Bertz CT molecular complexity index is 1090. The number of rotatable bonds is 4. The van der Waals surface area contributed by atoms with Crippen LogP contribution in [0.2, 0.25) is 5.02 Å². The summed E-state index contributed by atoms with van der Waals surface area (Å²) in [4.78, 5) is 29.6. The zero-order valence-electron chi connectivity index (χ0n) is 17.3. The van der Waals surface area contributed by atoms with Crippen molar-refractivity contribution in [2.45, 2.75) is 30.9 Å². The fourth-order valence-corrected chi connectivity index (χ4v) is 4.25. The fourth-order valence-electron chi connectivity index (χ4n) is 3.96. The summed E-state index contributed by atoms with van der Waals surface area (Å²) in [5.41, 5.74) is 2.48. The summed E-state index contributed by atoms with van der Waals surface area (Å²) in [5, 5.41) is 1.81. The average Bonchev–Trinajstić information content (AvgIpc) is 2.69. The zero-order chi connectivity index (χ0) is 25.5. The molecule has 0 saturated carbocycles. The number of benzene rings is 1. The van der Waals surface area contributed by atoms with E-state index in [-0.39, 0.29) is 24.2 Å². The van der Waals surface area contributed by atoms with Crippen molar-refractivity contribution < 1.29 is 40.7 Å². The summed E-state index contributed by atoms with van der Waals surface area (Å²) in [6.45, 7) is 1.38. The Morgan fingerprint density at radius 1 is 1.21 bits per heavy atom. The molecule has 1 aromatic heterocycles. The monoisotopic (exact) mass is 510 g/mol. The van der Waals surface area contributed by atoms with E-state index in [0.29, 0.717) is 0 Å². The van der Waals surface area contributed by atoms with Gasteiger partial charge in [0.1, 0.15) is 11.3 Å². The lowest BCUT2D eigenvalue weighted by atomic mass is 9.74. The standard InChI is InChI=1S/C20H17ClF6N4O3/c1-18(16(32)29-6-7-31(18)17(28)33)14(10-2-4-12(5-3-10)34-20(25,26)27)11-8-13(21)15(30-9-11)19(22,23)24/h2-5,8-9,14H,6-7H2,1H3,(H2,28,33)(H,29,32)/t14-,18?/m1/s1. The topological polar surface area (TPSA) is 97.6 Å². The molecule has 0 bridgehead atoms. The Hall–Kier alpha value is -3.22. The van der Waals surface area contributed by atoms with E-state index in [1.54, 1.807) is 0 Å². The maximum atomic E-state index is 13.2. The molecule has 1 fully saturated rings. The molecular weight excluding hydrogens is 494 g/mol. The highest BCUT2D eigenvalue weighted by Gasteiger charge is 2.51. The molecule has 34 heavy (non-hydrogen) atoms. The highest BCUT2D eigenvalue weighted by atomic mass is 35.5.